The molecule has 39 heavy (non-hydrogen) atoms. The number of anilines is 1. The summed E-state index contributed by atoms with van der Waals surface area (Å²) in [4.78, 5) is 28.5. The number of sulfonamides is 1. The molecule has 9 heteroatoms. The molecule has 0 unspecified atom stereocenters. The molecule has 0 radical (unpaired) electrons. The molecule has 7 nitrogen and oxygen atoms in total. The molecule has 0 aliphatic heterocycles. The molecule has 208 valence electrons. The van der Waals surface area contributed by atoms with Crippen LogP contribution in [0.1, 0.15) is 43.9 Å². The van der Waals surface area contributed by atoms with Gasteiger partial charge in [0, 0.05) is 17.6 Å². The number of nitrogens with zero attached hydrogens (tertiary/aromatic N) is 2. The number of hydrogen-bond donors (Lipinski definition) is 1. The standard InChI is InChI=1S/C30H36ClN3O4S/c1-6-23(4)32-30(36)24(5)33(19-25-10-7-9-22(3)17-25)29(35)20-34(27-12-8-11-26(31)18-27)39(37,38)28-15-13-21(2)14-16-28/h7-18,23-24H,6,19-20H2,1-5H3,(H,32,36)/t23-,24+/m1/s1. The van der Waals surface area contributed by atoms with E-state index >= 15 is 0 Å². The Morgan fingerprint density at radius 2 is 1.59 bits per heavy atom. The Kier molecular flexibility index (Phi) is 10.2. The van der Waals surface area contributed by atoms with E-state index in [9.17, 15) is 18.0 Å². The van der Waals surface area contributed by atoms with Crippen molar-refractivity contribution in [1.82, 2.24) is 10.2 Å². The van der Waals surface area contributed by atoms with E-state index in [1.807, 2.05) is 52.0 Å². The van der Waals surface area contributed by atoms with Crippen LogP contribution in [-0.2, 0) is 26.2 Å². The second kappa shape index (κ2) is 13.1. The van der Waals surface area contributed by atoms with Crippen LogP contribution in [0.15, 0.2) is 77.7 Å². The molecule has 2 amide bonds. The van der Waals surface area contributed by atoms with E-state index in [2.05, 4.69) is 5.32 Å². The number of amides is 2. The van der Waals surface area contributed by atoms with Crippen molar-refractivity contribution in [2.24, 2.45) is 0 Å². The van der Waals surface area contributed by atoms with Crippen LogP contribution in [0.4, 0.5) is 5.69 Å². The molecule has 0 spiro atoms. The van der Waals surface area contributed by atoms with E-state index in [0.29, 0.717) is 5.02 Å². The summed E-state index contributed by atoms with van der Waals surface area (Å²) in [5.74, 6) is -0.819. The first-order chi connectivity index (χ1) is 18.4. The normalized spacial score (nSPS) is 12.9. The first-order valence-corrected chi connectivity index (χ1v) is 14.7. The molecule has 0 aromatic heterocycles. The zero-order chi connectivity index (χ0) is 28.7. The Morgan fingerprint density at radius 1 is 0.923 bits per heavy atom. The summed E-state index contributed by atoms with van der Waals surface area (Å²) in [6.07, 6.45) is 0.738. The van der Waals surface area contributed by atoms with Crippen molar-refractivity contribution >= 4 is 39.1 Å². The quantitative estimate of drug-likeness (QED) is 0.331. The van der Waals surface area contributed by atoms with Crippen molar-refractivity contribution in [2.45, 2.75) is 64.6 Å². The second-order valence-corrected chi connectivity index (χ2v) is 12.1. The van der Waals surface area contributed by atoms with Crippen molar-refractivity contribution in [2.75, 3.05) is 10.8 Å². The summed E-state index contributed by atoms with van der Waals surface area (Å²) in [5.41, 5.74) is 3.01. The second-order valence-electron chi connectivity index (χ2n) is 9.81. The number of aryl methyl sites for hydroxylation is 2. The van der Waals surface area contributed by atoms with Crippen LogP contribution >= 0.6 is 11.6 Å². The molecule has 3 aromatic rings. The Morgan fingerprint density at radius 3 is 2.21 bits per heavy atom. The van der Waals surface area contributed by atoms with Crippen molar-refractivity contribution in [3.63, 3.8) is 0 Å². The lowest BCUT2D eigenvalue weighted by molar-refractivity contribution is -0.139. The van der Waals surface area contributed by atoms with E-state index in [-0.39, 0.29) is 29.1 Å². The monoisotopic (exact) mass is 569 g/mol. The fourth-order valence-corrected chi connectivity index (χ4v) is 5.64. The van der Waals surface area contributed by atoms with E-state index in [4.69, 9.17) is 11.6 Å². The number of benzene rings is 3. The molecule has 0 fully saturated rings. The highest BCUT2D eigenvalue weighted by molar-refractivity contribution is 7.92. The van der Waals surface area contributed by atoms with Gasteiger partial charge in [0.25, 0.3) is 10.0 Å². The van der Waals surface area contributed by atoms with Crippen molar-refractivity contribution in [3.8, 4) is 0 Å². The van der Waals surface area contributed by atoms with Gasteiger partial charge < -0.3 is 10.2 Å². The van der Waals surface area contributed by atoms with Gasteiger partial charge in [-0.05, 0) is 70.0 Å². The Labute approximate surface area is 236 Å². The minimum atomic E-state index is -4.14. The number of carbonyl (C=O) groups is 2. The predicted molar refractivity (Wildman–Crippen MR) is 156 cm³/mol. The van der Waals surface area contributed by atoms with Gasteiger partial charge in [0.15, 0.2) is 0 Å². The van der Waals surface area contributed by atoms with Crippen LogP contribution in [0.3, 0.4) is 0 Å². The van der Waals surface area contributed by atoms with Crippen LogP contribution in [0, 0.1) is 13.8 Å². The van der Waals surface area contributed by atoms with E-state index in [1.165, 1.54) is 23.1 Å². The average molecular weight is 570 g/mol. The Balaban J connectivity index is 2.03. The first-order valence-electron chi connectivity index (χ1n) is 12.9. The largest absolute Gasteiger partial charge is 0.352 e. The fourth-order valence-electron chi connectivity index (χ4n) is 4.05. The SMILES string of the molecule is CC[C@@H](C)NC(=O)[C@H](C)N(Cc1cccc(C)c1)C(=O)CN(c1cccc(Cl)c1)S(=O)(=O)c1ccc(C)cc1. The number of nitrogens with one attached hydrogen (secondary N) is 1. The van der Waals surface area contributed by atoms with E-state index in [0.717, 1.165) is 27.4 Å². The maximum atomic E-state index is 13.9. The van der Waals surface area contributed by atoms with Crippen LogP contribution in [-0.4, -0.2) is 43.8 Å². The van der Waals surface area contributed by atoms with Crippen LogP contribution < -0.4 is 9.62 Å². The molecule has 3 rings (SSSR count). The molecular weight excluding hydrogens is 534 g/mol. The highest BCUT2D eigenvalue weighted by atomic mass is 35.5. The van der Waals surface area contributed by atoms with Gasteiger partial charge in [-0.25, -0.2) is 8.42 Å². The molecule has 3 aromatic carbocycles. The van der Waals surface area contributed by atoms with Crippen LogP contribution in [0.5, 0.6) is 0 Å². The number of hydrogen-bond acceptors (Lipinski definition) is 4. The summed E-state index contributed by atoms with van der Waals surface area (Å²) in [6, 6.07) is 19.5. The molecule has 2 atom stereocenters. The third-order valence-electron chi connectivity index (χ3n) is 6.59. The summed E-state index contributed by atoms with van der Waals surface area (Å²) in [7, 11) is -4.14. The topological polar surface area (TPSA) is 86.8 Å². The fraction of sp³-hybridized carbons (Fsp3) is 0.333. The molecule has 0 aliphatic rings. The summed E-state index contributed by atoms with van der Waals surface area (Å²) >= 11 is 6.21. The van der Waals surface area contributed by atoms with Gasteiger partial charge in [-0.15, -0.1) is 0 Å². The lowest BCUT2D eigenvalue weighted by atomic mass is 10.1. The van der Waals surface area contributed by atoms with Gasteiger partial charge >= 0.3 is 0 Å². The Hall–Kier alpha value is -3.36. The van der Waals surface area contributed by atoms with E-state index < -0.39 is 28.5 Å². The van der Waals surface area contributed by atoms with Crippen LogP contribution in [0.2, 0.25) is 5.02 Å². The van der Waals surface area contributed by atoms with Crippen molar-refractivity contribution < 1.29 is 18.0 Å². The lowest BCUT2D eigenvalue weighted by Gasteiger charge is -2.32. The minimum Gasteiger partial charge on any atom is -0.352 e. The third kappa shape index (κ3) is 7.83. The van der Waals surface area contributed by atoms with Gasteiger partial charge in [0.1, 0.15) is 12.6 Å². The summed E-state index contributed by atoms with van der Waals surface area (Å²) in [6.45, 7) is 8.96. The first kappa shape index (κ1) is 30.2. The summed E-state index contributed by atoms with van der Waals surface area (Å²) < 4.78 is 28.7. The van der Waals surface area contributed by atoms with Crippen molar-refractivity contribution in [1.29, 1.82) is 0 Å². The number of rotatable bonds is 11. The lowest BCUT2D eigenvalue weighted by Crippen LogP contribution is -2.52. The number of carbonyl (C=O) groups excluding carboxylic acids is 2. The maximum absolute atomic E-state index is 13.9. The molecule has 0 bridgehead atoms. The smallest absolute Gasteiger partial charge is 0.264 e. The Bertz CT molecular complexity index is 1410. The van der Waals surface area contributed by atoms with Gasteiger partial charge in [-0.2, -0.15) is 0 Å². The zero-order valence-corrected chi connectivity index (χ0v) is 24.6. The zero-order valence-electron chi connectivity index (χ0n) is 23.0. The summed E-state index contributed by atoms with van der Waals surface area (Å²) in [5, 5.41) is 3.27. The van der Waals surface area contributed by atoms with Gasteiger partial charge in [-0.3, -0.25) is 13.9 Å². The van der Waals surface area contributed by atoms with Gasteiger partial charge in [0.2, 0.25) is 11.8 Å². The van der Waals surface area contributed by atoms with Gasteiger partial charge in [0.05, 0.1) is 10.6 Å². The average Bonchev–Trinajstić information content (AvgIpc) is 2.89. The third-order valence-corrected chi connectivity index (χ3v) is 8.61. The molecule has 0 saturated heterocycles. The molecule has 0 heterocycles. The molecule has 0 saturated carbocycles. The maximum Gasteiger partial charge on any atom is 0.264 e. The minimum absolute atomic E-state index is 0.0497. The molecule has 1 N–H and O–H groups in total. The predicted octanol–water partition coefficient (Wildman–Crippen LogP) is 5.48. The highest BCUT2D eigenvalue weighted by Crippen LogP contribution is 2.27. The van der Waals surface area contributed by atoms with Gasteiger partial charge in [-0.1, -0.05) is 72.1 Å². The van der Waals surface area contributed by atoms with Crippen LogP contribution in [0.25, 0.3) is 0 Å². The molecular formula is C30H36ClN3O4S. The van der Waals surface area contributed by atoms with E-state index in [1.54, 1.807) is 37.3 Å². The van der Waals surface area contributed by atoms with Crippen molar-refractivity contribution in [3.05, 3.63) is 94.5 Å². The molecule has 0 aliphatic carbocycles. The number of halogens is 1. The highest BCUT2D eigenvalue weighted by Gasteiger charge is 2.32.